The zero-order valence-corrected chi connectivity index (χ0v) is 9.68. The number of anilines is 1. The third-order valence-corrected chi connectivity index (χ3v) is 2.61. The molecule has 92 valence electrons. The summed E-state index contributed by atoms with van der Waals surface area (Å²) in [6.07, 6.45) is 1.92. The Morgan fingerprint density at radius 2 is 2.00 bits per heavy atom. The Morgan fingerprint density at radius 1 is 1.28 bits per heavy atom. The monoisotopic (exact) mass is 244 g/mol. The number of hydrogen-bond donors (Lipinski definition) is 1. The van der Waals surface area contributed by atoms with Gasteiger partial charge in [-0.3, -0.25) is 14.9 Å². The van der Waals surface area contributed by atoms with E-state index in [1.54, 1.807) is 18.2 Å². The Kier molecular flexibility index (Phi) is 3.23. The van der Waals surface area contributed by atoms with Crippen LogP contribution in [0.25, 0.3) is 0 Å². The molecular weight excluding hydrogens is 232 g/mol. The Bertz CT molecular complexity index is 517. The van der Waals surface area contributed by atoms with Gasteiger partial charge < -0.3 is 0 Å². The lowest BCUT2D eigenvalue weighted by Crippen LogP contribution is -2.53. The number of nitrogens with one attached hydrogen (secondary N) is 1. The number of hydrogen-bond acceptors (Lipinski definition) is 3. The molecule has 0 bridgehead atoms. The molecule has 0 spiro atoms. The topological polar surface area (TPSA) is 66.5 Å². The summed E-state index contributed by atoms with van der Waals surface area (Å²) in [5.41, 5.74) is 1.30. The molecule has 1 aromatic carbocycles. The second-order valence-corrected chi connectivity index (χ2v) is 3.88. The zero-order valence-electron chi connectivity index (χ0n) is 9.68. The fourth-order valence-electron chi connectivity index (χ4n) is 1.85. The summed E-state index contributed by atoms with van der Waals surface area (Å²) in [7, 11) is 0. The van der Waals surface area contributed by atoms with Crippen molar-refractivity contribution < 1.29 is 14.4 Å². The minimum atomic E-state index is -0.701. The van der Waals surface area contributed by atoms with Crippen molar-refractivity contribution in [3.8, 4) is 0 Å². The number of carbonyl (C=O) groups is 3. The number of para-hydroxylation sites is 1. The molecule has 4 amide bonds. The van der Waals surface area contributed by atoms with Gasteiger partial charge in [-0.1, -0.05) is 24.3 Å². The fraction of sp³-hybridized carbons (Fsp3) is 0.154. The number of allylic oxidation sites excluding steroid dienone is 1. The highest BCUT2D eigenvalue weighted by molar-refractivity contribution is 6.26. The predicted octanol–water partition coefficient (Wildman–Crippen LogP) is 1.39. The number of nitrogens with zero attached hydrogens (tertiary/aromatic N) is 1. The molecule has 1 aromatic rings. The number of amides is 4. The van der Waals surface area contributed by atoms with Gasteiger partial charge in [-0.2, -0.15) is 0 Å². The van der Waals surface area contributed by atoms with Crippen molar-refractivity contribution in [3.63, 3.8) is 0 Å². The lowest BCUT2D eigenvalue weighted by molar-refractivity contribution is -0.128. The number of barbiturate groups is 1. The number of carbonyl (C=O) groups excluding carboxylic acids is 3. The molecule has 1 N–H and O–H groups in total. The Balaban J connectivity index is 2.41. The van der Waals surface area contributed by atoms with E-state index >= 15 is 0 Å². The molecule has 1 heterocycles. The molecule has 18 heavy (non-hydrogen) atoms. The smallest absolute Gasteiger partial charge is 0.277 e. The van der Waals surface area contributed by atoms with Crippen molar-refractivity contribution in [3.05, 3.63) is 42.5 Å². The molecule has 1 saturated heterocycles. The standard InChI is InChI=1S/C13H12N2O3/c1-2-5-9-6-3-4-7-10(9)15-12(17)8-11(16)14-13(15)18/h2-4,6-7H,1,5,8H2,(H,14,16,18). The van der Waals surface area contributed by atoms with Crippen LogP contribution in [0.4, 0.5) is 10.5 Å². The van der Waals surface area contributed by atoms with E-state index in [0.29, 0.717) is 12.1 Å². The Labute approximate surface area is 104 Å². The van der Waals surface area contributed by atoms with Gasteiger partial charge >= 0.3 is 6.03 Å². The van der Waals surface area contributed by atoms with Crippen LogP contribution >= 0.6 is 0 Å². The van der Waals surface area contributed by atoms with Gasteiger partial charge in [0.25, 0.3) is 0 Å². The van der Waals surface area contributed by atoms with E-state index in [-0.39, 0.29) is 6.42 Å². The van der Waals surface area contributed by atoms with Crippen LogP contribution in [0.3, 0.4) is 0 Å². The number of benzene rings is 1. The maximum Gasteiger partial charge on any atom is 0.335 e. The summed E-state index contributed by atoms with van der Waals surface area (Å²) < 4.78 is 0. The van der Waals surface area contributed by atoms with Gasteiger partial charge in [0.15, 0.2) is 0 Å². The van der Waals surface area contributed by atoms with Crippen LogP contribution in [-0.4, -0.2) is 17.8 Å². The summed E-state index contributed by atoms with van der Waals surface area (Å²) >= 11 is 0. The van der Waals surface area contributed by atoms with Crippen LogP contribution < -0.4 is 10.2 Å². The molecule has 5 nitrogen and oxygen atoms in total. The van der Waals surface area contributed by atoms with Crippen molar-refractivity contribution >= 4 is 23.5 Å². The first-order valence-electron chi connectivity index (χ1n) is 5.49. The molecule has 0 aromatic heterocycles. The molecule has 2 rings (SSSR count). The van der Waals surface area contributed by atoms with E-state index in [1.807, 2.05) is 12.1 Å². The van der Waals surface area contributed by atoms with Crippen molar-refractivity contribution in [1.82, 2.24) is 5.32 Å². The van der Waals surface area contributed by atoms with Gasteiger partial charge in [-0.25, -0.2) is 9.69 Å². The normalized spacial score (nSPS) is 15.6. The van der Waals surface area contributed by atoms with Gasteiger partial charge in [0.2, 0.25) is 11.8 Å². The first-order chi connectivity index (χ1) is 8.63. The summed E-state index contributed by atoms with van der Waals surface area (Å²) in [4.78, 5) is 35.6. The second-order valence-electron chi connectivity index (χ2n) is 3.88. The summed E-state index contributed by atoms with van der Waals surface area (Å²) in [5, 5.41) is 2.13. The Hall–Kier alpha value is -2.43. The van der Waals surface area contributed by atoms with E-state index in [2.05, 4.69) is 11.9 Å². The molecule has 5 heteroatoms. The van der Waals surface area contributed by atoms with Crippen molar-refractivity contribution in [1.29, 1.82) is 0 Å². The lowest BCUT2D eigenvalue weighted by Gasteiger charge is -2.26. The molecule has 0 radical (unpaired) electrons. The molecule has 1 aliphatic rings. The summed E-state index contributed by atoms with van der Waals surface area (Å²) in [6.45, 7) is 3.63. The largest absolute Gasteiger partial charge is 0.335 e. The average molecular weight is 244 g/mol. The quantitative estimate of drug-likeness (QED) is 0.645. The van der Waals surface area contributed by atoms with Gasteiger partial charge in [0.05, 0.1) is 5.69 Å². The number of urea groups is 1. The van der Waals surface area contributed by atoms with Gasteiger partial charge in [-0.05, 0) is 18.1 Å². The molecule has 0 atom stereocenters. The van der Waals surface area contributed by atoms with Crippen LogP contribution in [0.1, 0.15) is 12.0 Å². The molecule has 1 fully saturated rings. The van der Waals surface area contributed by atoms with E-state index in [9.17, 15) is 14.4 Å². The van der Waals surface area contributed by atoms with Crippen LogP contribution in [0.2, 0.25) is 0 Å². The SMILES string of the molecule is C=CCc1ccccc1N1C(=O)CC(=O)NC1=O. The highest BCUT2D eigenvalue weighted by Gasteiger charge is 2.32. The van der Waals surface area contributed by atoms with Crippen LogP contribution in [-0.2, 0) is 16.0 Å². The molecule has 0 unspecified atom stereocenters. The summed E-state index contributed by atoms with van der Waals surface area (Å²) in [5.74, 6) is -1.08. The molecule has 1 aliphatic heterocycles. The van der Waals surface area contributed by atoms with Crippen molar-refractivity contribution in [2.75, 3.05) is 4.90 Å². The van der Waals surface area contributed by atoms with Gasteiger partial charge in [-0.15, -0.1) is 6.58 Å². The third kappa shape index (κ3) is 2.15. The predicted molar refractivity (Wildman–Crippen MR) is 66.0 cm³/mol. The lowest BCUT2D eigenvalue weighted by atomic mass is 10.1. The highest BCUT2D eigenvalue weighted by atomic mass is 16.2. The minimum absolute atomic E-state index is 0.311. The Morgan fingerprint density at radius 3 is 2.67 bits per heavy atom. The van der Waals surface area contributed by atoms with Crippen LogP contribution in [0.5, 0.6) is 0 Å². The molecular formula is C13H12N2O3. The number of imide groups is 2. The maximum absolute atomic E-state index is 11.8. The maximum atomic E-state index is 11.8. The van der Waals surface area contributed by atoms with Crippen LogP contribution in [0.15, 0.2) is 36.9 Å². The average Bonchev–Trinajstić information content (AvgIpc) is 2.30. The van der Waals surface area contributed by atoms with Gasteiger partial charge in [0.1, 0.15) is 6.42 Å². The minimum Gasteiger partial charge on any atom is -0.277 e. The fourth-order valence-corrected chi connectivity index (χ4v) is 1.85. The zero-order chi connectivity index (χ0) is 13.1. The second kappa shape index (κ2) is 4.83. The van der Waals surface area contributed by atoms with E-state index in [1.165, 1.54) is 0 Å². The first-order valence-corrected chi connectivity index (χ1v) is 5.49. The van der Waals surface area contributed by atoms with E-state index < -0.39 is 17.8 Å². The van der Waals surface area contributed by atoms with E-state index in [4.69, 9.17) is 0 Å². The van der Waals surface area contributed by atoms with Crippen molar-refractivity contribution in [2.45, 2.75) is 12.8 Å². The van der Waals surface area contributed by atoms with E-state index in [0.717, 1.165) is 10.5 Å². The summed E-state index contributed by atoms with van der Waals surface area (Å²) in [6, 6.07) is 6.34. The third-order valence-electron chi connectivity index (χ3n) is 2.61. The van der Waals surface area contributed by atoms with Gasteiger partial charge in [0, 0.05) is 0 Å². The molecule has 0 saturated carbocycles. The molecule has 0 aliphatic carbocycles. The highest BCUT2D eigenvalue weighted by Crippen LogP contribution is 2.23. The first kappa shape index (κ1) is 12.0. The van der Waals surface area contributed by atoms with Crippen molar-refractivity contribution in [2.24, 2.45) is 0 Å². The number of rotatable bonds is 3. The van der Waals surface area contributed by atoms with Crippen LogP contribution in [0, 0.1) is 0 Å².